The van der Waals surface area contributed by atoms with Crippen molar-refractivity contribution in [3.63, 3.8) is 0 Å². The molecular formula is C15H20N2O3. The molecule has 0 aliphatic carbocycles. The molecule has 0 radical (unpaired) electrons. The first-order chi connectivity index (χ1) is 9.40. The Bertz CT molecular complexity index is 493. The number of rotatable bonds is 6. The van der Waals surface area contributed by atoms with Gasteiger partial charge in [0.05, 0.1) is 5.92 Å². The SMILES string of the molecule is CC(C)=CC(=O)N(Cc1cccnc1)CC(C)C(=O)O. The summed E-state index contributed by atoms with van der Waals surface area (Å²) in [6, 6.07) is 3.65. The van der Waals surface area contributed by atoms with Gasteiger partial charge in [0.2, 0.25) is 5.91 Å². The van der Waals surface area contributed by atoms with Gasteiger partial charge in [0.25, 0.3) is 0 Å². The lowest BCUT2D eigenvalue weighted by Gasteiger charge is -2.23. The highest BCUT2D eigenvalue weighted by atomic mass is 16.4. The molecule has 0 bridgehead atoms. The van der Waals surface area contributed by atoms with Gasteiger partial charge in [-0.15, -0.1) is 0 Å². The van der Waals surface area contributed by atoms with E-state index in [1.807, 2.05) is 19.9 Å². The molecule has 20 heavy (non-hydrogen) atoms. The van der Waals surface area contributed by atoms with Crippen molar-refractivity contribution in [2.45, 2.75) is 27.3 Å². The number of carbonyl (C=O) groups is 2. The number of pyridine rings is 1. The van der Waals surface area contributed by atoms with Crippen molar-refractivity contribution in [2.24, 2.45) is 5.92 Å². The molecule has 0 fully saturated rings. The Morgan fingerprint density at radius 1 is 1.45 bits per heavy atom. The Labute approximate surface area is 118 Å². The van der Waals surface area contributed by atoms with Crippen LogP contribution in [0.25, 0.3) is 0 Å². The monoisotopic (exact) mass is 276 g/mol. The van der Waals surface area contributed by atoms with Gasteiger partial charge in [-0.25, -0.2) is 0 Å². The number of hydrogen-bond donors (Lipinski definition) is 1. The minimum absolute atomic E-state index is 0.173. The van der Waals surface area contributed by atoms with Crippen LogP contribution in [0.15, 0.2) is 36.2 Å². The quantitative estimate of drug-likeness (QED) is 0.808. The van der Waals surface area contributed by atoms with Crippen molar-refractivity contribution < 1.29 is 14.7 Å². The van der Waals surface area contributed by atoms with E-state index in [2.05, 4.69) is 4.98 Å². The molecule has 1 aromatic heterocycles. The van der Waals surface area contributed by atoms with Gasteiger partial charge in [0, 0.05) is 31.6 Å². The molecule has 0 aliphatic heterocycles. The predicted octanol–water partition coefficient (Wildman–Crippen LogP) is 2.10. The maximum Gasteiger partial charge on any atom is 0.308 e. The van der Waals surface area contributed by atoms with Gasteiger partial charge in [-0.1, -0.05) is 18.6 Å². The largest absolute Gasteiger partial charge is 0.481 e. The van der Waals surface area contributed by atoms with Crippen LogP contribution < -0.4 is 0 Å². The number of hydrogen-bond acceptors (Lipinski definition) is 3. The Kier molecular flexibility index (Phi) is 5.90. The minimum atomic E-state index is -0.911. The van der Waals surface area contributed by atoms with Crippen LogP contribution in [0.3, 0.4) is 0 Å². The molecule has 0 aromatic carbocycles. The first-order valence-corrected chi connectivity index (χ1v) is 6.45. The third-order valence-corrected chi connectivity index (χ3v) is 2.74. The molecule has 1 rings (SSSR count). The molecule has 0 saturated carbocycles. The molecule has 5 nitrogen and oxygen atoms in total. The molecule has 1 heterocycles. The highest BCUT2D eigenvalue weighted by molar-refractivity contribution is 5.88. The summed E-state index contributed by atoms with van der Waals surface area (Å²) >= 11 is 0. The number of allylic oxidation sites excluding steroid dienone is 1. The average molecular weight is 276 g/mol. The van der Waals surface area contributed by atoms with Crippen molar-refractivity contribution in [1.29, 1.82) is 0 Å². The molecule has 1 N–H and O–H groups in total. The number of aromatic nitrogens is 1. The summed E-state index contributed by atoms with van der Waals surface area (Å²) in [6.45, 7) is 5.79. The van der Waals surface area contributed by atoms with E-state index in [9.17, 15) is 9.59 Å². The number of carbonyl (C=O) groups excluding carboxylic acids is 1. The molecule has 108 valence electrons. The standard InChI is InChI=1S/C15H20N2O3/c1-11(2)7-14(18)17(9-12(3)15(19)20)10-13-5-4-6-16-8-13/h4-8,12H,9-10H2,1-3H3,(H,19,20). The smallest absolute Gasteiger partial charge is 0.308 e. The fraction of sp³-hybridized carbons (Fsp3) is 0.400. The second-order valence-electron chi connectivity index (χ2n) is 5.04. The third-order valence-electron chi connectivity index (χ3n) is 2.74. The van der Waals surface area contributed by atoms with Crippen molar-refractivity contribution in [3.8, 4) is 0 Å². The van der Waals surface area contributed by atoms with E-state index >= 15 is 0 Å². The third kappa shape index (κ3) is 5.22. The number of carboxylic acid groups (broad SMARTS) is 1. The van der Waals surface area contributed by atoms with Crippen LogP contribution in [-0.4, -0.2) is 33.4 Å². The maximum absolute atomic E-state index is 12.2. The summed E-state index contributed by atoms with van der Waals surface area (Å²) in [5.41, 5.74) is 1.76. The van der Waals surface area contributed by atoms with E-state index in [4.69, 9.17) is 5.11 Å². The highest BCUT2D eigenvalue weighted by Crippen LogP contribution is 2.09. The number of nitrogens with zero attached hydrogens (tertiary/aromatic N) is 2. The van der Waals surface area contributed by atoms with Crippen LogP contribution in [0.1, 0.15) is 26.3 Å². The fourth-order valence-corrected chi connectivity index (χ4v) is 1.69. The number of aliphatic carboxylic acids is 1. The van der Waals surface area contributed by atoms with Crippen molar-refractivity contribution in [3.05, 3.63) is 41.7 Å². The summed E-state index contributed by atoms with van der Waals surface area (Å²) in [4.78, 5) is 28.7. The summed E-state index contributed by atoms with van der Waals surface area (Å²) in [7, 11) is 0. The molecule has 1 aromatic rings. The van der Waals surface area contributed by atoms with Crippen LogP contribution >= 0.6 is 0 Å². The summed E-state index contributed by atoms with van der Waals surface area (Å²) in [6.07, 6.45) is 4.85. The molecule has 0 saturated heterocycles. The topological polar surface area (TPSA) is 70.5 Å². The van der Waals surface area contributed by atoms with E-state index in [0.29, 0.717) is 6.54 Å². The zero-order valence-corrected chi connectivity index (χ0v) is 12.0. The summed E-state index contributed by atoms with van der Waals surface area (Å²) < 4.78 is 0. The van der Waals surface area contributed by atoms with Gasteiger partial charge in [-0.05, 0) is 25.5 Å². The first-order valence-electron chi connectivity index (χ1n) is 6.45. The lowest BCUT2D eigenvalue weighted by molar-refractivity contribution is -0.142. The van der Waals surface area contributed by atoms with Gasteiger partial charge in [-0.2, -0.15) is 0 Å². The van der Waals surface area contributed by atoms with Crippen molar-refractivity contribution >= 4 is 11.9 Å². The Morgan fingerprint density at radius 2 is 2.15 bits per heavy atom. The number of amides is 1. The highest BCUT2D eigenvalue weighted by Gasteiger charge is 2.19. The minimum Gasteiger partial charge on any atom is -0.481 e. The maximum atomic E-state index is 12.2. The molecule has 1 unspecified atom stereocenters. The van der Waals surface area contributed by atoms with Crippen LogP contribution in [-0.2, 0) is 16.1 Å². The van der Waals surface area contributed by atoms with Crippen LogP contribution in [0.2, 0.25) is 0 Å². The molecule has 5 heteroatoms. The van der Waals surface area contributed by atoms with Crippen LogP contribution in [0, 0.1) is 5.92 Å². The molecule has 1 amide bonds. The molecule has 0 spiro atoms. The zero-order chi connectivity index (χ0) is 15.1. The van der Waals surface area contributed by atoms with Gasteiger partial charge in [-0.3, -0.25) is 14.6 Å². The molecule has 0 aliphatic rings. The Balaban J connectivity index is 2.86. The second kappa shape index (κ2) is 7.43. The summed E-state index contributed by atoms with van der Waals surface area (Å²) in [5, 5.41) is 8.99. The first kappa shape index (κ1) is 15.9. The van der Waals surface area contributed by atoms with E-state index in [1.165, 1.54) is 11.0 Å². The summed E-state index contributed by atoms with van der Waals surface area (Å²) in [5.74, 6) is -1.70. The van der Waals surface area contributed by atoms with Crippen molar-refractivity contribution in [2.75, 3.05) is 6.54 Å². The van der Waals surface area contributed by atoms with E-state index in [0.717, 1.165) is 11.1 Å². The van der Waals surface area contributed by atoms with Crippen LogP contribution in [0.5, 0.6) is 0 Å². The van der Waals surface area contributed by atoms with Crippen molar-refractivity contribution in [1.82, 2.24) is 9.88 Å². The van der Waals surface area contributed by atoms with Crippen LogP contribution in [0.4, 0.5) is 0 Å². The second-order valence-corrected chi connectivity index (χ2v) is 5.04. The molecule has 1 atom stereocenters. The zero-order valence-electron chi connectivity index (χ0n) is 12.0. The van der Waals surface area contributed by atoms with E-state index in [-0.39, 0.29) is 12.5 Å². The van der Waals surface area contributed by atoms with Gasteiger partial charge in [0.15, 0.2) is 0 Å². The lowest BCUT2D eigenvalue weighted by Crippen LogP contribution is -2.35. The van der Waals surface area contributed by atoms with Gasteiger partial charge in [0.1, 0.15) is 0 Å². The Morgan fingerprint density at radius 3 is 2.65 bits per heavy atom. The lowest BCUT2D eigenvalue weighted by atomic mass is 10.1. The van der Waals surface area contributed by atoms with E-state index < -0.39 is 11.9 Å². The van der Waals surface area contributed by atoms with Gasteiger partial charge < -0.3 is 10.0 Å². The van der Waals surface area contributed by atoms with Gasteiger partial charge >= 0.3 is 5.97 Å². The fourth-order valence-electron chi connectivity index (χ4n) is 1.69. The Hall–Kier alpha value is -2.17. The predicted molar refractivity (Wildman–Crippen MR) is 75.9 cm³/mol. The molecular weight excluding hydrogens is 256 g/mol. The number of carboxylic acids is 1. The average Bonchev–Trinajstić information content (AvgIpc) is 2.38. The van der Waals surface area contributed by atoms with E-state index in [1.54, 1.807) is 25.4 Å². The normalized spacial score (nSPS) is 11.6.